The first kappa shape index (κ1) is 11.9. The van der Waals surface area contributed by atoms with Crippen LogP contribution in [0.1, 0.15) is 24.5 Å². The van der Waals surface area contributed by atoms with Crippen molar-refractivity contribution in [3.8, 4) is 0 Å². The Balaban J connectivity index is 0.000000980. The third-order valence-corrected chi connectivity index (χ3v) is 3.15. The Labute approximate surface area is 94.3 Å². The van der Waals surface area contributed by atoms with Gasteiger partial charge in [0.05, 0.1) is 6.10 Å². The molecule has 80 valence electrons. The van der Waals surface area contributed by atoms with Crippen molar-refractivity contribution in [3.63, 3.8) is 0 Å². The highest BCUT2D eigenvalue weighted by Gasteiger charge is 2.19. The van der Waals surface area contributed by atoms with Crippen molar-refractivity contribution in [2.45, 2.75) is 25.6 Å². The fourth-order valence-electron chi connectivity index (χ4n) is 1.53. The van der Waals surface area contributed by atoms with Gasteiger partial charge >= 0.3 is 0 Å². The second kappa shape index (κ2) is 5.66. The molecule has 14 heavy (non-hydrogen) atoms. The molecule has 0 aromatic carbocycles. The van der Waals surface area contributed by atoms with Gasteiger partial charge in [-0.2, -0.15) is 0 Å². The number of thiazole rings is 1. The van der Waals surface area contributed by atoms with Crippen molar-refractivity contribution >= 4 is 23.7 Å². The van der Waals surface area contributed by atoms with Crippen molar-refractivity contribution in [2.24, 2.45) is 0 Å². The highest BCUT2D eigenvalue weighted by Crippen LogP contribution is 2.21. The van der Waals surface area contributed by atoms with Gasteiger partial charge in [0, 0.05) is 18.1 Å². The minimum Gasteiger partial charge on any atom is -0.367 e. The topological polar surface area (TPSA) is 34.1 Å². The minimum atomic E-state index is 0. The van der Waals surface area contributed by atoms with E-state index in [0.29, 0.717) is 6.10 Å². The average Bonchev–Trinajstić information content (AvgIpc) is 2.74. The number of hydrogen-bond acceptors (Lipinski definition) is 4. The molecule has 1 saturated heterocycles. The molecular weight excluding hydrogens is 220 g/mol. The third kappa shape index (κ3) is 2.92. The first-order valence-corrected chi connectivity index (χ1v) is 5.50. The van der Waals surface area contributed by atoms with Crippen LogP contribution in [0.15, 0.2) is 11.6 Å². The fourth-order valence-corrected chi connectivity index (χ4v) is 2.16. The summed E-state index contributed by atoms with van der Waals surface area (Å²) in [7, 11) is 0. The van der Waals surface area contributed by atoms with E-state index in [4.69, 9.17) is 4.74 Å². The molecule has 2 atom stereocenters. The second-order valence-corrected chi connectivity index (χ2v) is 4.19. The van der Waals surface area contributed by atoms with Gasteiger partial charge in [0.15, 0.2) is 0 Å². The lowest BCUT2D eigenvalue weighted by Crippen LogP contribution is -2.18. The Hall–Kier alpha value is -0.160. The average molecular weight is 235 g/mol. The monoisotopic (exact) mass is 234 g/mol. The normalized spacial score (nSPS) is 23.1. The first-order chi connectivity index (χ1) is 6.36. The van der Waals surface area contributed by atoms with Crippen molar-refractivity contribution in [1.82, 2.24) is 10.3 Å². The Morgan fingerprint density at radius 1 is 1.71 bits per heavy atom. The maximum atomic E-state index is 5.84. The zero-order chi connectivity index (χ0) is 9.10. The standard InChI is InChI=1S/C9H14N2OS.ClH/c1-7(9-11-4-5-13-9)12-8-2-3-10-6-8;/h4-5,7-8,10H,2-3,6H2,1H3;1H/t7?,8-;/m0./s1. The second-order valence-electron chi connectivity index (χ2n) is 3.26. The molecule has 0 amide bonds. The van der Waals surface area contributed by atoms with Crippen LogP contribution >= 0.6 is 23.7 Å². The zero-order valence-corrected chi connectivity index (χ0v) is 9.74. The molecule has 1 N–H and O–H groups in total. The molecule has 0 aliphatic carbocycles. The van der Waals surface area contributed by atoms with Crippen LogP contribution in [0.5, 0.6) is 0 Å². The van der Waals surface area contributed by atoms with Gasteiger partial charge < -0.3 is 10.1 Å². The van der Waals surface area contributed by atoms with E-state index in [1.165, 1.54) is 0 Å². The molecule has 5 heteroatoms. The molecule has 1 aromatic rings. The molecule has 1 fully saturated rings. The Morgan fingerprint density at radius 2 is 2.57 bits per heavy atom. The van der Waals surface area contributed by atoms with Crippen LogP contribution < -0.4 is 5.32 Å². The third-order valence-electron chi connectivity index (χ3n) is 2.21. The Bertz CT molecular complexity index is 249. The maximum Gasteiger partial charge on any atom is 0.121 e. The predicted molar refractivity (Wildman–Crippen MR) is 60.1 cm³/mol. The number of rotatable bonds is 3. The van der Waals surface area contributed by atoms with Crippen LogP contribution in [-0.4, -0.2) is 24.2 Å². The fraction of sp³-hybridized carbons (Fsp3) is 0.667. The molecule has 2 rings (SSSR count). The van der Waals surface area contributed by atoms with E-state index in [9.17, 15) is 0 Å². The number of nitrogens with one attached hydrogen (secondary N) is 1. The molecule has 1 aromatic heterocycles. The van der Waals surface area contributed by atoms with Gasteiger partial charge in [-0.05, 0) is 19.9 Å². The molecular formula is C9H15ClN2OS. The molecule has 2 heterocycles. The van der Waals surface area contributed by atoms with E-state index in [1.807, 2.05) is 11.6 Å². The van der Waals surface area contributed by atoms with Crippen LogP contribution in [0, 0.1) is 0 Å². The SMILES string of the molecule is CC(O[C@H]1CCNC1)c1nccs1.Cl. The lowest BCUT2D eigenvalue weighted by molar-refractivity contribution is 0.00818. The number of aromatic nitrogens is 1. The van der Waals surface area contributed by atoms with Gasteiger partial charge in [-0.3, -0.25) is 0 Å². The van der Waals surface area contributed by atoms with Gasteiger partial charge in [0.2, 0.25) is 0 Å². The lowest BCUT2D eigenvalue weighted by atomic mass is 10.3. The summed E-state index contributed by atoms with van der Waals surface area (Å²) in [5.41, 5.74) is 0. The van der Waals surface area contributed by atoms with Crippen LogP contribution in [-0.2, 0) is 4.74 Å². The Kier molecular flexibility index (Phi) is 4.81. The van der Waals surface area contributed by atoms with E-state index in [1.54, 1.807) is 11.3 Å². The quantitative estimate of drug-likeness (QED) is 0.869. The Morgan fingerprint density at radius 3 is 3.14 bits per heavy atom. The van der Waals surface area contributed by atoms with E-state index in [-0.39, 0.29) is 18.5 Å². The number of halogens is 1. The summed E-state index contributed by atoms with van der Waals surface area (Å²) in [6, 6.07) is 0. The molecule has 0 radical (unpaired) electrons. The van der Waals surface area contributed by atoms with Gasteiger partial charge in [0.25, 0.3) is 0 Å². The van der Waals surface area contributed by atoms with Crippen molar-refractivity contribution in [1.29, 1.82) is 0 Å². The summed E-state index contributed by atoms with van der Waals surface area (Å²) < 4.78 is 5.84. The minimum absolute atomic E-state index is 0. The van der Waals surface area contributed by atoms with E-state index >= 15 is 0 Å². The van der Waals surface area contributed by atoms with Gasteiger partial charge in [0.1, 0.15) is 11.1 Å². The largest absolute Gasteiger partial charge is 0.367 e. The van der Waals surface area contributed by atoms with Gasteiger partial charge in [-0.1, -0.05) is 0 Å². The summed E-state index contributed by atoms with van der Waals surface area (Å²) in [6.45, 7) is 4.13. The van der Waals surface area contributed by atoms with E-state index < -0.39 is 0 Å². The number of ether oxygens (including phenoxy) is 1. The maximum absolute atomic E-state index is 5.84. The van der Waals surface area contributed by atoms with Crippen LogP contribution in [0.2, 0.25) is 0 Å². The van der Waals surface area contributed by atoms with Crippen molar-refractivity contribution < 1.29 is 4.74 Å². The summed E-state index contributed by atoms with van der Waals surface area (Å²) in [5.74, 6) is 0. The van der Waals surface area contributed by atoms with Crippen LogP contribution in [0.3, 0.4) is 0 Å². The number of hydrogen-bond donors (Lipinski definition) is 1. The van der Waals surface area contributed by atoms with Gasteiger partial charge in [-0.25, -0.2) is 4.98 Å². The van der Waals surface area contributed by atoms with Crippen molar-refractivity contribution in [3.05, 3.63) is 16.6 Å². The molecule has 0 spiro atoms. The molecule has 1 aliphatic heterocycles. The zero-order valence-electron chi connectivity index (χ0n) is 8.10. The summed E-state index contributed by atoms with van der Waals surface area (Å²) in [5, 5.41) is 6.34. The highest BCUT2D eigenvalue weighted by molar-refractivity contribution is 7.09. The predicted octanol–water partition coefficient (Wildman–Crippen LogP) is 2.00. The van der Waals surface area contributed by atoms with Crippen LogP contribution in [0.4, 0.5) is 0 Å². The highest BCUT2D eigenvalue weighted by atomic mass is 35.5. The summed E-state index contributed by atoms with van der Waals surface area (Å²) >= 11 is 1.66. The van der Waals surface area contributed by atoms with Crippen LogP contribution in [0.25, 0.3) is 0 Å². The first-order valence-electron chi connectivity index (χ1n) is 4.62. The van der Waals surface area contributed by atoms with E-state index in [2.05, 4.69) is 17.2 Å². The number of nitrogens with zero attached hydrogens (tertiary/aromatic N) is 1. The summed E-state index contributed by atoms with van der Waals surface area (Å²) in [4.78, 5) is 4.23. The molecule has 3 nitrogen and oxygen atoms in total. The van der Waals surface area contributed by atoms with Crippen molar-refractivity contribution in [2.75, 3.05) is 13.1 Å². The van der Waals surface area contributed by atoms with Gasteiger partial charge in [-0.15, -0.1) is 23.7 Å². The molecule has 1 aliphatic rings. The summed E-state index contributed by atoms with van der Waals surface area (Å²) in [6.07, 6.45) is 3.46. The lowest BCUT2D eigenvalue weighted by Gasteiger charge is -2.15. The molecule has 0 bridgehead atoms. The smallest absolute Gasteiger partial charge is 0.121 e. The van der Waals surface area contributed by atoms with E-state index in [0.717, 1.165) is 24.5 Å². The molecule has 0 saturated carbocycles. The molecule has 1 unspecified atom stereocenters.